The molecule has 3 heteroatoms. The van der Waals surface area contributed by atoms with Crippen LogP contribution in [0.1, 0.15) is 33.6 Å². The zero-order valence-electron chi connectivity index (χ0n) is 9.34. The van der Waals surface area contributed by atoms with Gasteiger partial charge in [-0.3, -0.25) is 9.00 Å². The third kappa shape index (κ3) is 2.38. The van der Waals surface area contributed by atoms with E-state index in [1.165, 1.54) is 0 Å². The van der Waals surface area contributed by atoms with Crippen LogP contribution in [0, 0.1) is 11.3 Å². The van der Waals surface area contributed by atoms with Crippen molar-refractivity contribution in [1.29, 1.82) is 0 Å². The molecule has 1 saturated heterocycles. The summed E-state index contributed by atoms with van der Waals surface area (Å²) in [6, 6.07) is 0. The largest absolute Gasteiger partial charge is 0.299 e. The van der Waals surface area contributed by atoms with Gasteiger partial charge in [-0.2, -0.15) is 0 Å². The first-order valence-electron chi connectivity index (χ1n) is 5.14. The van der Waals surface area contributed by atoms with E-state index in [0.717, 1.165) is 12.8 Å². The lowest BCUT2D eigenvalue weighted by atomic mass is 9.76. The van der Waals surface area contributed by atoms with Crippen molar-refractivity contribution in [2.45, 2.75) is 33.6 Å². The van der Waals surface area contributed by atoms with Crippen LogP contribution in [-0.2, 0) is 14.3 Å². The molecule has 14 heavy (non-hydrogen) atoms. The van der Waals surface area contributed by atoms with Crippen molar-refractivity contribution in [3.8, 4) is 0 Å². The van der Waals surface area contributed by atoms with Crippen molar-refractivity contribution >= 4 is 21.2 Å². The van der Waals surface area contributed by atoms with Crippen molar-refractivity contribution < 1.29 is 9.00 Å². The molecule has 0 spiro atoms. The lowest BCUT2D eigenvalue weighted by Gasteiger charge is -2.34. The average Bonchev–Trinajstić information content (AvgIpc) is 2.09. The molecule has 0 amide bonds. The molecule has 0 saturated carbocycles. The lowest BCUT2D eigenvalue weighted by molar-refractivity contribution is -0.131. The van der Waals surface area contributed by atoms with Gasteiger partial charge in [-0.05, 0) is 28.2 Å². The fraction of sp³-hybridized carbons (Fsp3) is 0.818. The van der Waals surface area contributed by atoms with E-state index in [-0.39, 0.29) is 11.3 Å². The van der Waals surface area contributed by atoms with E-state index >= 15 is 0 Å². The van der Waals surface area contributed by atoms with Crippen LogP contribution in [0.3, 0.4) is 0 Å². The lowest BCUT2D eigenvalue weighted by Crippen LogP contribution is -2.39. The maximum atomic E-state index is 11.9. The predicted molar refractivity (Wildman–Crippen MR) is 62.2 cm³/mol. The summed E-state index contributed by atoms with van der Waals surface area (Å²) in [7, 11) is -1.87. The highest BCUT2D eigenvalue weighted by molar-refractivity contribution is 8.00. The van der Waals surface area contributed by atoms with Crippen molar-refractivity contribution in [3.05, 3.63) is 0 Å². The van der Waals surface area contributed by atoms with Gasteiger partial charge in [0.25, 0.3) is 0 Å². The molecule has 82 valence electrons. The molecule has 0 aromatic carbocycles. The van der Waals surface area contributed by atoms with Crippen LogP contribution in [0.4, 0.5) is 0 Å². The fourth-order valence-electron chi connectivity index (χ4n) is 1.99. The van der Waals surface area contributed by atoms with Gasteiger partial charge in [0.05, 0.1) is 0 Å². The van der Waals surface area contributed by atoms with E-state index in [9.17, 15) is 9.00 Å². The first kappa shape index (κ1) is 11.8. The molecular formula is C11H20O2S. The van der Waals surface area contributed by atoms with Gasteiger partial charge < -0.3 is 0 Å². The normalized spacial score (nSPS) is 38.6. The van der Waals surface area contributed by atoms with Gasteiger partial charge in [0.1, 0.15) is 5.78 Å². The van der Waals surface area contributed by atoms with Crippen LogP contribution in [0.2, 0.25) is 0 Å². The van der Waals surface area contributed by atoms with Crippen LogP contribution < -0.4 is 0 Å². The zero-order valence-corrected chi connectivity index (χ0v) is 10.2. The van der Waals surface area contributed by atoms with Gasteiger partial charge >= 0.3 is 0 Å². The molecular weight excluding hydrogens is 196 g/mol. The Hall–Kier alpha value is -0.310. The molecule has 1 aliphatic heterocycles. The van der Waals surface area contributed by atoms with Crippen molar-refractivity contribution in [3.63, 3.8) is 0 Å². The maximum Gasteiger partial charge on any atom is 0.141 e. The summed E-state index contributed by atoms with van der Waals surface area (Å²) < 4.78 is 11.7. The summed E-state index contributed by atoms with van der Waals surface area (Å²) in [4.78, 5) is 11.9. The number of Topliss-reactive ketones (excluding diaryl/α,β-unsaturated/α-hetero) is 1. The highest BCUT2D eigenvalue weighted by Crippen LogP contribution is 2.35. The second-order valence-corrected chi connectivity index (χ2v) is 7.70. The molecule has 0 radical (unpaired) electrons. The molecule has 2 nitrogen and oxygen atoms in total. The average molecular weight is 216 g/mol. The van der Waals surface area contributed by atoms with E-state index < -0.39 is 9.52 Å². The van der Waals surface area contributed by atoms with Crippen LogP contribution in [0.25, 0.3) is 0 Å². The highest BCUT2D eigenvalue weighted by atomic mass is 32.2. The second-order valence-electron chi connectivity index (χ2n) is 4.95. The summed E-state index contributed by atoms with van der Waals surface area (Å²) in [6.45, 7) is 5.87. The Balaban J connectivity index is 2.76. The summed E-state index contributed by atoms with van der Waals surface area (Å²) >= 11 is 0. The number of carbonyl (C=O) groups excluding carboxylic acids is 1. The monoisotopic (exact) mass is 216 g/mol. The van der Waals surface area contributed by atoms with Crippen molar-refractivity contribution in [1.82, 2.24) is 0 Å². The molecule has 0 bridgehead atoms. The molecule has 0 unspecified atom stereocenters. The van der Waals surface area contributed by atoms with Crippen LogP contribution >= 0.6 is 0 Å². The second kappa shape index (κ2) is 3.69. The number of hydrogen-bond acceptors (Lipinski definition) is 2. The van der Waals surface area contributed by atoms with Crippen LogP contribution in [0.15, 0.2) is 0 Å². The standard InChI is InChI=1S/C11H20O2S/c1-9(2)10(12)11(3)5-7-14(4,13)8-6-11/h9H,4-8H2,1-3H3. The summed E-state index contributed by atoms with van der Waals surface area (Å²) in [5.74, 6) is 5.34. The van der Waals surface area contributed by atoms with Gasteiger partial charge in [0.15, 0.2) is 0 Å². The molecule has 1 heterocycles. The Labute approximate surface area is 87.1 Å². The van der Waals surface area contributed by atoms with E-state index in [4.69, 9.17) is 0 Å². The Bertz CT molecular complexity index is 311. The number of carbonyl (C=O) groups is 1. The number of ketones is 1. The van der Waals surface area contributed by atoms with Gasteiger partial charge in [-0.1, -0.05) is 20.8 Å². The molecule has 0 aromatic rings. The van der Waals surface area contributed by atoms with Gasteiger partial charge in [-0.15, -0.1) is 0 Å². The molecule has 0 aliphatic carbocycles. The fourth-order valence-corrected chi connectivity index (χ4v) is 3.84. The molecule has 1 fully saturated rings. The first-order valence-corrected chi connectivity index (χ1v) is 7.20. The number of rotatable bonds is 2. The first-order chi connectivity index (χ1) is 6.27. The molecule has 0 aromatic heterocycles. The van der Waals surface area contributed by atoms with Gasteiger partial charge in [-0.25, -0.2) is 0 Å². The predicted octanol–water partition coefficient (Wildman–Crippen LogP) is 1.73. The molecule has 1 aliphatic rings. The Kier molecular flexibility index (Phi) is 3.10. The van der Waals surface area contributed by atoms with Crippen molar-refractivity contribution in [2.24, 2.45) is 11.3 Å². The highest BCUT2D eigenvalue weighted by Gasteiger charge is 2.38. The van der Waals surface area contributed by atoms with E-state index in [1.807, 2.05) is 20.8 Å². The van der Waals surface area contributed by atoms with E-state index in [2.05, 4.69) is 5.87 Å². The summed E-state index contributed by atoms with van der Waals surface area (Å²) in [5, 5.41) is 0. The topological polar surface area (TPSA) is 34.1 Å². The van der Waals surface area contributed by atoms with Gasteiger partial charge in [0, 0.05) is 22.8 Å². The SMILES string of the molecule is C=S1(=O)CCC(C)(C(=O)C(C)C)CC1. The van der Waals surface area contributed by atoms with E-state index in [0.29, 0.717) is 17.3 Å². The zero-order chi connectivity index (χ0) is 11.0. The minimum Gasteiger partial charge on any atom is -0.299 e. The third-order valence-electron chi connectivity index (χ3n) is 3.17. The summed E-state index contributed by atoms with van der Waals surface area (Å²) in [6.07, 6.45) is 1.48. The minimum atomic E-state index is -1.87. The third-order valence-corrected chi connectivity index (χ3v) is 5.07. The Morgan fingerprint density at radius 1 is 1.36 bits per heavy atom. The Morgan fingerprint density at radius 3 is 2.14 bits per heavy atom. The Morgan fingerprint density at radius 2 is 1.79 bits per heavy atom. The molecule has 1 rings (SSSR count). The van der Waals surface area contributed by atoms with Crippen molar-refractivity contribution in [2.75, 3.05) is 11.5 Å². The smallest absolute Gasteiger partial charge is 0.141 e. The van der Waals surface area contributed by atoms with Crippen LogP contribution in [0.5, 0.6) is 0 Å². The quantitative estimate of drug-likeness (QED) is 0.659. The van der Waals surface area contributed by atoms with Gasteiger partial charge in [0.2, 0.25) is 0 Å². The maximum absolute atomic E-state index is 11.9. The van der Waals surface area contributed by atoms with Crippen LogP contribution in [-0.4, -0.2) is 27.4 Å². The summed E-state index contributed by atoms with van der Waals surface area (Å²) in [5.41, 5.74) is -0.243. The molecule has 0 atom stereocenters. The molecule has 0 N–H and O–H groups in total. The number of hydrogen-bond donors (Lipinski definition) is 0. The minimum absolute atomic E-state index is 0.0824. The van der Waals surface area contributed by atoms with E-state index in [1.54, 1.807) is 0 Å².